The maximum absolute atomic E-state index is 11.1. The number of piperidine rings is 1. The summed E-state index contributed by atoms with van der Waals surface area (Å²) < 4.78 is 4.64. The van der Waals surface area contributed by atoms with Gasteiger partial charge in [0.25, 0.3) is 0 Å². The van der Waals surface area contributed by atoms with Gasteiger partial charge >= 0.3 is 5.97 Å². The van der Waals surface area contributed by atoms with E-state index in [1.807, 2.05) is 13.8 Å². The highest BCUT2D eigenvalue weighted by molar-refractivity contribution is 5.69. The predicted molar refractivity (Wildman–Crippen MR) is 57.5 cm³/mol. The number of hydrogen-bond donors (Lipinski definition) is 1. The van der Waals surface area contributed by atoms with Gasteiger partial charge in [0.1, 0.15) is 0 Å². The first-order valence-corrected chi connectivity index (χ1v) is 5.48. The first-order chi connectivity index (χ1) is 6.94. The van der Waals surface area contributed by atoms with Crippen LogP contribution >= 0.6 is 0 Å². The zero-order valence-electron chi connectivity index (χ0n) is 9.82. The van der Waals surface area contributed by atoms with Crippen LogP contribution in [0.3, 0.4) is 0 Å². The van der Waals surface area contributed by atoms with Crippen LogP contribution in [-0.4, -0.2) is 47.8 Å². The highest BCUT2D eigenvalue weighted by Gasteiger charge is 2.29. The van der Waals surface area contributed by atoms with Crippen LogP contribution in [0.1, 0.15) is 33.1 Å². The highest BCUT2D eigenvalue weighted by Crippen LogP contribution is 2.23. The summed E-state index contributed by atoms with van der Waals surface area (Å²) in [7, 11) is 1.41. The van der Waals surface area contributed by atoms with Crippen LogP contribution in [0.15, 0.2) is 0 Å². The van der Waals surface area contributed by atoms with Gasteiger partial charge in [-0.15, -0.1) is 0 Å². The zero-order chi connectivity index (χ0) is 11.5. The van der Waals surface area contributed by atoms with Crippen LogP contribution < -0.4 is 0 Å². The average Bonchev–Trinajstić information content (AvgIpc) is 2.17. The SMILES string of the molecule is COC(=O)CC(C)N1CCC(C)(O)CC1. The third-order valence-corrected chi connectivity index (χ3v) is 3.19. The number of carbonyl (C=O) groups is 1. The molecule has 1 N–H and O–H groups in total. The van der Waals surface area contributed by atoms with Crippen LogP contribution in [0.5, 0.6) is 0 Å². The summed E-state index contributed by atoms with van der Waals surface area (Å²) in [6.07, 6.45) is 1.98. The molecule has 4 heteroatoms. The summed E-state index contributed by atoms with van der Waals surface area (Å²) in [5, 5.41) is 9.78. The molecule has 0 bridgehead atoms. The normalized spacial score (nSPS) is 23.5. The molecule has 1 atom stereocenters. The van der Waals surface area contributed by atoms with E-state index in [2.05, 4.69) is 9.64 Å². The van der Waals surface area contributed by atoms with Crippen molar-refractivity contribution in [2.45, 2.75) is 44.8 Å². The molecule has 0 aliphatic carbocycles. The number of ether oxygens (including phenoxy) is 1. The molecule has 88 valence electrons. The van der Waals surface area contributed by atoms with Crippen LogP contribution in [0.4, 0.5) is 0 Å². The molecule has 0 aromatic carbocycles. The number of aliphatic hydroxyl groups is 1. The maximum atomic E-state index is 11.1. The number of rotatable bonds is 3. The first kappa shape index (κ1) is 12.5. The van der Waals surface area contributed by atoms with Crippen molar-refractivity contribution >= 4 is 5.97 Å². The molecular formula is C11H21NO3. The van der Waals surface area contributed by atoms with Crippen molar-refractivity contribution in [1.82, 2.24) is 4.90 Å². The lowest BCUT2D eigenvalue weighted by molar-refractivity contribution is -0.142. The minimum absolute atomic E-state index is 0.167. The second-order valence-electron chi connectivity index (χ2n) is 4.66. The Kier molecular flexibility index (Phi) is 4.11. The molecule has 0 spiro atoms. The van der Waals surface area contributed by atoms with Gasteiger partial charge in [-0.25, -0.2) is 0 Å². The summed E-state index contributed by atoms with van der Waals surface area (Å²) in [5.41, 5.74) is -0.526. The summed E-state index contributed by atoms with van der Waals surface area (Å²) >= 11 is 0. The lowest BCUT2D eigenvalue weighted by Crippen LogP contribution is -2.46. The second kappa shape index (κ2) is 4.94. The highest BCUT2D eigenvalue weighted by atomic mass is 16.5. The van der Waals surface area contributed by atoms with Gasteiger partial charge in [-0.05, 0) is 26.7 Å². The van der Waals surface area contributed by atoms with E-state index in [1.165, 1.54) is 7.11 Å². The smallest absolute Gasteiger partial charge is 0.307 e. The minimum Gasteiger partial charge on any atom is -0.469 e. The molecule has 1 saturated heterocycles. The van der Waals surface area contributed by atoms with Crippen molar-refractivity contribution in [1.29, 1.82) is 0 Å². The van der Waals surface area contributed by atoms with Crippen molar-refractivity contribution < 1.29 is 14.6 Å². The van der Waals surface area contributed by atoms with E-state index >= 15 is 0 Å². The quantitative estimate of drug-likeness (QED) is 0.707. The third kappa shape index (κ3) is 3.80. The monoisotopic (exact) mass is 215 g/mol. The number of likely N-dealkylation sites (tertiary alicyclic amines) is 1. The first-order valence-electron chi connectivity index (χ1n) is 5.48. The molecular weight excluding hydrogens is 194 g/mol. The van der Waals surface area contributed by atoms with Gasteiger partial charge in [-0.2, -0.15) is 0 Å². The summed E-state index contributed by atoms with van der Waals surface area (Å²) in [6, 6.07) is 0.202. The standard InChI is InChI=1S/C11H21NO3/c1-9(8-10(13)15-3)12-6-4-11(2,14)5-7-12/h9,14H,4-8H2,1-3H3. The van der Waals surface area contributed by atoms with Gasteiger partial charge in [0.15, 0.2) is 0 Å². The molecule has 1 aliphatic rings. The van der Waals surface area contributed by atoms with E-state index in [-0.39, 0.29) is 12.0 Å². The molecule has 15 heavy (non-hydrogen) atoms. The summed E-state index contributed by atoms with van der Waals surface area (Å²) in [4.78, 5) is 13.3. The number of carbonyl (C=O) groups excluding carboxylic acids is 1. The lowest BCUT2D eigenvalue weighted by atomic mass is 9.93. The van der Waals surface area contributed by atoms with Crippen LogP contribution in [0.25, 0.3) is 0 Å². The Balaban J connectivity index is 2.36. The van der Waals surface area contributed by atoms with E-state index in [4.69, 9.17) is 0 Å². The number of methoxy groups -OCH3 is 1. The molecule has 0 radical (unpaired) electrons. The van der Waals surface area contributed by atoms with E-state index < -0.39 is 5.60 Å². The van der Waals surface area contributed by atoms with Crippen LogP contribution in [0, 0.1) is 0 Å². The summed E-state index contributed by atoms with van der Waals surface area (Å²) in [5.74, 6) is -0.167. The van der Waals surface area contributed by atoms with Crippen molar-refractivity contribution in [3.8, 4) is 0 Å². The van der Waals surface area contributed by atoms with Gasteiger partial charge in [0.2, 0.25) is 0 Å². The molecule has 1 unspecified atom stereocenters. The van der Waals surface area contributed by atoms with Gasteiger partial charge < -0.3 is 9.84 Å². The molecule has 1 fully saturated rings. The Morgan fingerprint density at radius 1 is 1.53 bits per heavy atom. The predicted octanol–water partition coefficient (Wildman–Crippen LogP) is 0.785. The fourth-order valence-corrected chi connectivity index (χ4v) is 1.90. The molecule has 1 rings (SSSR count). The molecule has 0 saturated carbocycles. The van der Waals surface area contributed by atoms with E-state index in [1.54, 1.807) is 0 Å². The molecule has 0 aromatic rings. The molecule has 1 heterocycles. The molecule has 4 nitrogen and oxygen atoms in total. The fourth-order valence-electron chi connectivity index (χ4n) is 1.90. The Hall–Kier alpha value is -0.610. The van der Waals surface area contributed by atoms with Crippen LogP contribution in [-0.2, 0) is 9.53 Å². The van der Waals surface area contributed by atoms with Gasteiger partial charge in [0.05, 0.1) is 19.1 Å². The number of esters is 1. The van der Waals surface area contributed by atoms with Crippen LogP contribution in [0.2, 0.25) is 0 Å². The Labute approximate surface area is 91.2 Å². The largest absolute Gasteiger partial charge is 0.469 e. The number of nitrogens with zero attached hydrogens (tertiary/aromatic N) is 1. The van der Waals surface area contributed by atoms with Gasteiger partial charge in [0, 0.05) is 19.1 Å². The Morgan fingerprint density at radius 2 is 2.07 bits per heavy atom. The molecule has 0 amide bonds. The topological polar surface area (TPSA) is 49.8 Å². The average molecular weight is 215 g/mol. The van der Waals surface area contributed by atoms with Crippen molar-refractivity contribution in [3.05, 3.63) is 0 Å². The molecule has 1 aliphatic heterocycles. The minimum atomic E-state index is -0.526. The van der Waals surface area contributed by atoms with Crippen molar-refractivity contribution in [3.63, 3.8) is 0 Å². The van der Waals surface area contributed by atoms with Gasteiger partial charge in [-0.1, -0.05) is 0 Å². The third-order valence-electron chi connectivity index (χ3n) is 3.19. The maximum Gasteiger partial charge on any atom is 0.307 e. The molecule has 0 aromatic heterocycles. The van der Waals surface area contributed by atoms with E-state index in [9.17, 15) is 9.90 Å². The van der Waals surface area contributed by atoms with E-state index in [0.717, 1.165) is 25.9 Å². The second-order valence-corrected chi connectivity index (χ2v) is 4.66. The van der Waals surface area contributed by atoms with Crippen molar-refractivity contribution in [2.24, 2.45) is 0 Å². The Morgan fingerprint density at radius 3 is 2.53 bits per heavy atom. The summed E-state index contributed by atoms with van der Waals surface area (Å²) in [6.45, 7) is 5.60. The lowest BCUT2D eigenvalue weighted by Gasteiger charge is -2.38. The number of hydrogen-bond acceptors (Lipinski definition) is 4. The fraction of sp³-hybridized carbons (Fsp3) is 0.909. The van der Waals surface area contributed by atoms with Crippen molar-refractivity contribution in [2.75, 3.05) is 20.2 Å². The van der Waals surface area contributed by atoms with E-state index in [0.29, 0.717) is 6.42 Å². The Bertz CT molecular complexity index is 218. The zero-order valence-corrected chi connectivity index (χ0v) is 9.82. The van der Waals surface area contributed by atoms with Gasteiger partial charge in [-0.3, -0.25) is 9.69 Å².